The van der Waals surface area contributed by atoms with Crippen LogP contribution in [0, 0.1) is 18.6 Å². The molecular weight excluding hydrogens is 419 g/mol. The molecule has 10 heteroatoms. The highest BCUT2D eigenvalue weighted by Crippen LogP contribution is 2.15. The van der Waals surface area contributed by atoms with Crippen molar-refractivity contribution >= 4 is 11.7 Å². The van der Waals surface area contributed by atoms with Gasteiger partial charge in [-0.2, -0.15) is 13.2 Å². The zero-order valence-electron chi connectivity index (χ0n) is 18.8. The topological polar surface area (TPSA) is 61.9 Å². The summed E-state index contributed by atoms with van der Waals surface area (Å²) in [5, 5.41) is 0. The van der Waals surface area contributed by atoms with Crippen molar-refractivity contribution in [1.29, 1.82) is 0 Å². The van der Waals surface area contributed by atoms with Crippen LogP contribution < -0.4 is 5.73 Å². The molecule has 1 aliphatic heterocycles. The standard InChI is InChI=1S/C12H21F3N4O.C7H6F2.C2H6/c1-9(16)6-11(20)19-5-3-4-18(2)10(7-19)17-8-12(13,14)15;1-5-2-3-6(8)4-7(5)9;1-2/h9H,3-8,16H2,1-2H3;2-4H,1H3;1-2H3/t9-;;/m1../s1. The van der Waals surface area contributed by atoms with E-state index in [0.29, 0.717) is 25.1 Å². The molecule has 31 heavy (non-hydrogen) atoms. The zero-order chi connectivity index (χ0) is 24.2. The molecule has 5 nitrogen and oxygen atoms in total. The van der Waals surface area contributed by atoms with Crippen molar-refractivity contribution in [3.63, 3.8) is 0 Å². The number of amides is 1. The Kier molecular flexibility index (Phi) is 12.9. The fourth-order valence-electron chi connectivity index (χ4n) is 2.53. The third-order valence-electron chi connectivity index (χ3n) is 4.12. The Bertz CT molecular complexity index is 708. The van der Waals surface area contributed by atoms with Gasteiger partial charge >= 0.3 is 6.18 Å². The summed E-state index contributed by atoms with van der Waals surface area (Å²) in [7, 11) is 1.69. The minimum Gasteiger partial charge on any atom is -0.362 e. The van der Waals surface area contributed by atoms with Gasteiger partial charge in [-0.15, -0.1) is 0 Å². The van der Waals surface area contributed by atoms with Crippen molar-refractivity contribution in [3.05, 3.63) is 35.4 Å². The van der Waals surface area contributed by atoms with Crippen molar-refractivity contribution in [2.24, 2.45) is 10.7 Å². The van der Waals surface area contributed by atoms with E-state index in [1.54, 1.807) is 25.8 Å². The van der Waals surface area contributed by atoms with Crippen LogP contribution in [0.5, 0.6) is 0 Å². The lowest BCUT2D eigenvalue weighted by Crippen LogP contribution is -2.40. The average Bonchev–Trinajstić information content (AvgIpc) is 2.86. The first-order valence-electron chi connectivity index (χ1n) is 10.1. The van der Waals surface area contributed by atoms with Crippen molar-refractivity contribution in [1.82, 2.24) is 9.80 Å². The van der Waals surface area contributed by atoms with Crippen LogP contribution in [0.2, 0.25) is 0 Å². The molecule has 1 atom stereocenters. The molecule has 2 rings (SSSR count). The third kappa shape index (κ3) is 12.3. The van der Waals surface area contributed by atoms with Gasteiger partial charge in [0.1, 0.15) is 24.0 Å². The second-order valence-electron chi connectivity index (χ2n) is 7.01. The van der Waals surface area contributed by atoms with Gasteiger partial charge in [0.15, 0.2) is 0 Å². The van der Waals surface area contributed by atoms with Crippen LogP contribution >= 0.6 is 0 Å². The maximum Gasteiger partial charge on any atom is 0.408 e. The van der Waals surface area contributed by atoms with E-state index in [-0.39, 0.29) is 30.8 Å². The molecule has 1 aromatic carbocycles. The third-order valence-corrected chi connectivity index (χ3v) is 4.12. The highest BCUT2D eigenvalue weighted by molar-refractivity contribution is 5.89. The van der Waals surface area contributed by atoms with Crippen LogP contribution in [0.1, 0.15) is 39.2 Å². The molecule has 178 valence electrons. The predicted molar refractivity (Wildman–Crippen MR) is 113 cm³/mol. The second kappa shape index (κ2) is 14.0. The Labute approximate surface area is 181 Å². The van der Waals surface area contributed by atoms with Crippen LogP contribution in [-0.2, 0) is 4.79 Å². The smallest absolute Gasteiger partial charge is 0.362 e. The highest BCUT2D eigenvalue weighted by atomic mass is 19.4. The maximum absolute atomic E-state index is 12.3. The summed E-state index contributed by atoms with van der Waals surface area (Å²) in [5.41, 5.74) is 6.05. The molecule has 0 unspecified atom stereocenters. The summed E-state index contributed by atoms with van der Waals surface area (Å²) in [6, 6.07) is 3.25. The number of alkyl halides is 3. The number of aryl methyl sites for hydroxylation is 1. The van der Waals surface area contributed by atoms with Gasteiger partial charge in [0.25, 0.3) is 0 Å². The molecule has 1 fully saturated rings. The Morgan fingerprint density at radius 3 is 2.32 bits per heavy atom. The Morgan fingerprint density at radius 1 is 1.23 bits per heavy atom. The maximum atomic E-state index is 12.3. The minimum atomic E-state index is -4.33. The van der Waals surface area contributed by atoms with E-state index in [2.05, 4.69) is 4.99 Å². The summed E-state index contributed by atoms with van der Waals surface area (Å²) in [6.45, 7) is 7.30. The van der Waals surface area contributed by atoms with E-state index >= 15 is 0 Å². The lowest BCUT2D eigenvalue weighted by Gasteiger charge is -2.23. The molecule has 0 aliphatic carbocycles. The molecule has 0 radical (unpaired) electrons. The fourth-order valence-corrected chi connectivity index (χ4v) is 2.53. The summed E-state index contributed by atoms with van der Waals surface area (Å²) in [5.74, 6) is -0.874. The number of benzene rings is 1. The molecular formula is C21H33F5N4O. The van der Waals surface area contributed by atoms with Gasteiger partial charge in [0.05, 0.1) is 6.54 Å². The first-order chi connectivity index (χ1) is 14.4. The van der Waals surface area contributed by atoms with Gasteiger partial charge in [-0.05, 0) is 31.9 Å². The van der Waals surface area contributed by atoms with Crippen molar-refractivity contribution < 1.29 is 26.7 Å². The molecule has 1 heterocycles. The molecule has 1 amide bonds. The number of halogens is 5. The predicted octanol–water partition coefficient (Wildman–Crippen LogP) is 4.15. The molecule has 1 aromatic rings. The molecule has 1 aliphatic rings. The number of carbonyl (C=O) groups is 1. The Hall–Kier alpha value is -2.23. The van der Waals surface area contributed by atoms with Gasteiger partial charge in [0, 0.05) is 38.7 Å². The van der Waals surface area contributed by atoms with Gasteiger partial charge in [-0.25, -0.2) is 8.78 Å². The van der Waals surface area contributed by atoms with Gasteiger partial charge in [-0.3, -0.25) is 9.79 Å². The first kappa shape index (κ1) is 28.8. The number of hydrogen-bond acceptors (Lipinski definition) is 3. The molecule has 2 N–H and O–H groups in total. The number of aliphatic imine (C=N–C) groups is 1. The first-order valence-corrected chi connectivity index (χ1v) is 10.1. The zero-order valence-corrected chi connectivity index (χ0v) is 18.8. The van der Waals surface area contributed by atoms with Gasteiger partial charge in [0.2, 0.25) is 5.91 Å². The average molecular weight is 453 g/mol. The SMILES string of the molecule is CC.C[C@@H](N)CC(=O)N1CCCN(C)C(=NCC(F)(F)F)C1.Cc1ccc(F)cc1F. The Balaban J connectivity index is 0.000000679. The van der Waals surface area contributed by atoms with E-state index in [4.69, 9.17) is 5.73 Å². The Morgan fingerprint density at radius 2 is 1.84 bits per heavy atom. The van der Waals surface area contributed by atoms with E-state index in [0.717, 1.165) is 6.07 Å². The minimum absolute atomic E-state index is 0.109. The quantitative estimate of drug-likeness (QED) is 0.701. The summed E-state index contributed by atoms with van der Waals surface area (Å²) in [6.07, 6.45) is -3.44. The summed E-state index contributed by atoms with van der Waals surface area (Å²) in [4.78, 5) is 18.8. The molecule has 0 bridgehead atoms. The lowest BCUT2D eigenvalue weighted by molar-refractivity contribution is -0.130. The van der Waals surface area contributed by atoms with E-state index in [9.17, 15) is 26.7 Å². The van der Waals surface area contributed by atoms with Crippen LogP contribution in [-0.4, -0.2) is 67.0 Å². The van der Waals surface area contributed by atoms with Crippen molar-refractivity contribution in [3.8, 4) is 0 Å². The van der Waals surface area contributed by atoms with E-state index in [1.165, 1.54) is 17.0 Å². The molecule has 0 saturated carbocycles. The van der Waals surface area contributed by atoms with Gasteiger partial charge < -0.3 is 15.5 Å². The fraction of sp³-hybridized carbons (Fsp3) is 0.619. The normalized spacial score (nSPS) is 16.5. The van der Waals surface area contributed by atoms with Crippen LogP contribution in [0.3, 0.4) is 0 Å². The number of hydrogen-bond donors (Lipinski definition) is 1. The van der Waals surface area contributed by atoms with Crippen molar-refractivity contribution in [2.75, 3.05) is 33.2 Å². The second-order valence-corrected chi connectivity index (χ2v) is 7.01. The van der Waals surface area contributed by atoms with E-state index < -0.39 is 24.4 Å². The number of rotatable bonds is 3. The lowest BCUT2D eigenvalue weighted by atomic mass is 10.2. The molecule has 0 spiro atoms. The van der Waals surface area contributed by atoms with Gasteiger partial charge in [-0.1, -0.05) is 19.9 Å². The summed E-state index contributed by atoms with van der Waals surface area (Å²) >= 11 is 0. The molecule has 1 saturated heterocycles. The monoisotopic (exact) mass is 452 g/mol. The molecule has 0 aromatic heterocycles. The summed E-state index contributed by atoms with van der Waals surface area (Å²) < 4.78 is 61.2. The van der Waals surface area contributed by atoms with Crippen molar-refractivity contribution in [2.45, 2.75) is 52.8 Å². The highest BCUT2D eigenvalue weighted by Gasteiger charge is 2.28. The largest absolute Gasteiger partial charge is 0.408 e. The van der Waals surface area contributed by atoms with Crippen LogP contribution in [0.4, 0.5) is 22.0 Å². The van der Waals surface area contributed by atoms with E-state index in [1.807, 2.05) is 13.8 Å². The van der Waals surface area contributed by atoms with Crippen LogP contribution in [0.15, 0.2) is 23.2 Å². The number of carbonyl (C=O) groups excluding carboxylic acids is 1. The number of amidine groups is 1. The number of nitrogens with two attached hydrogens (primary N) is 1. The number of likely N-dealkylation sites (N-methyl/N-ethyl adjacent to an activating group) is 1. The number of nitrogens with zero attached hydrogens (tertiary/aromatic N) is 3. The van der Waals surface area contributed by atoms with Crippen LogP contribution in [0.25, 0.3) is 0 Å².